The minimum Gasteiger partial charge on any atom is -0.381 e. The Labute approximate surface area is 152 Å². The number of aliphatic imine (C=N–C) groups is 1. The first kappa shape index (κ1) is 15.8. The molecule has 0 amide bonds. The van der Waals surface area contributed by atoms with E-state index in [1.54, 1.807) is 0 Å². The molecule has 1 saturated heterocycles. The van der Waals surface area contributed by atoms with E-state index >= 15 is 0 Å². The summed E-state index contributed by atoms with van der Waals surface area (Å²) < 4.78 is 21.4. The Kier molecular flexibility index (Phi) is 3.50. The van der Waals surface area contributed by atoms with E-state index in [0.717, 1.165) is 43.8 Å². The average Bonchev–Trinajstić information content (AvgIpc) is 3.25. The number of nitrogens with zero attached hydrogens (tertiary/aromatic N) is 2. The molecule has 0 N–H and O–H groups in total. The molecule has 3 aromatic rings. The zero-order valence-electron chi connectivity index (χ0n) is 14.8. The first-order valence-electron chi connectivity index (χ1n) is 9.16. The van der Waals surface area contributed by atoms with Crippen molar-refractivity contribution in [1.82, 2.24) is 4.57 Å². The van der Waals surface area contributed by atoms with Crippen LogP contribution >= 0.6 is 0 Å². The van der Waals surface area contributed by atoms with Crippen molar-refractivity contribution in [3.63, 3.8) is 0 Å². The second kappa shape index (κ2) is 5.78. The lowest BCUT2D eigenvalue weighted by Gasteiger charge is -2.34. The number of halogens is 1. The molecule has 3 heterocycles. The van der Waals surface area contributed by atoms with Crippen LogP contribution in [0, 0.1) is 5.82 Å². The quantitative estimate of drug-likeness (QED) is 0.655. The van der Waals surface area contributed by atoms with Crippen molar-refractivity contribution >= 4 is 17.1 Å². The van der Waals surface area contributed by atoms with Crippen molar-refractivity contribution in [2.45, 2.75) is 31.7 Å². The molecule has 1 fully saturated rings. The molecule has 5 rings (SSSR count). The third-order valence-electron chi connectivity index (χ3n) is 5.85. The van der Waals surface area contributed by atoms with Crippen LogP contribution in [0.2, 0.25) is 0 Å². The molecule has 1 aromatic heterocycles. The third kappa shape index (κ3) is 2.40. The predicted molar refractivity (Wildman–Crippen MR) is 102 cm³/mol. The highest BCUT2D eigenvalue weighted by Gasteiger charge is 2.33. The van der Waals surface area contributed by atoms with E-state index in [9.17, 15) is 4.39 Å². The van der Waals surface area contributed by atoms with Crippen LogP contribution in [0.5, 0.6) is 0 Å². The van der Waals surface area contributed by atoms with Gasteiger partial charge >= 0.3 is 0 Å². The number of rotatable bonds is 2. The summed E-state index contributed by atoms with van der Waals surface area (Å²) in [6.45, 7) is 4.64. The summed E-state index contributed by atoms with van der Waals surface area (Å²) in [7, 11) is 0. The van der Waals surface area contributed by atoms with Crippen molar-refractivity contribution in [3.05, 3.63) is 65.1 Å². The van der Waals surface area contributed by atoms with Gasteiger partial charge in [0.2, 0.25) is 0 Å². The summed E-state index contributed by atoms with van der Waals surface area (Å²) in [5, 5.41) is 1.22. The van der Waals surface area contributed by atoms with E-state index in [-0.39, 0.29) is 11.2 Å². The van der Waals surface area contributed by atoms with Crippen LogP contribution in [-0.4, -0.2) is 24.0 Å². The lowest BCUT2D eigenvalue weighted by molar-refractivity contribution is 0.0546. The minimum atomic E-state index is -0.211. The highest BCUT2D eigenvalue weighted by molar-refractivity contribution is 5.94. The van der Waals surface area contributed by atoms with Gasteiger partial charge in [-0.3, -0.25) is 4.99 Å². The van der Waals surface area contributed by atoms with Gasteiger partial charge in [0.15, 0.2) is 0 Å². The topological polar surface area (TPSA) is 26.5 Å². The summed E-state index contributed by atoms with van der Waals surface area (Å²) in [5.74, 6) is -0.211. The fraction of sp³-hybridized carbons (Fsp3) is 0.318. The molecule has 0 radical (unpaired) electrons. The van der Waals surface area contributed by atoms with Crippen LogP contribution in [0.25, 0.3) is 16.6 Å². The number of hydrogen-bond donors (Lipinski definition) is 0. The second-order valence-corrected chi connectivity index (χ2v) is 7.59. The van der Waals surface area contributed by atoms with Crippen LogP contribution in [0.15, 0.2) is 47.5 Å². The first-order valence-corrected chi connectivity index (χ1v) is 9.16. The molecule has 3 nitrogen and oxygen atoms in total. The van der Waals surface area contributed by atoms with E-state index in [0.29, 0.717) is 0 Å². The molecule has 0 spiro atoms. The number of aromatic nitrogens is 1. The van der Waals surface area contributed by atoms with Crippen molar-refractivity contribution in [3.8, 4) is 5.69 Å². The van der Waals surface area contributed by atoms with Gasteiger partial charge in [0, 0.05) is 41.6 Å². The Bertz CT molecular complexity index is 1010. The normalized spacial score (nSPS) is 18.4. The maximum atomic E-state index is 13.5. The van der Waals surface area contributed by atoms with Crippen LogP contribution in [-0.2, 0) is 16.7 Å². The van der Waals surface area contributed by atoms with Crippen molar-refractivity contribution < 1.29 is 9.13 Å². The Hall–Kier alpha value is -2.46. The number of ether oxygens (including phenoxy) is 1. The molecule has 4 heteroatoms. The Morgan fingerprint density at radius 2 is 1.85 bits per heavy atom. The summed E-state index contributed by atoms with van der Waals surface area (Å²) >= 11 is 0. The van der Waals surface area contributed by atoms with Crippen LogP contribution < -0.4 is 0 Å². The van der Waals surface area contributed by atoms with Crippen LogP contribution in [0.3, 0.4) is 0 Å². The first-order chi connectivity index (χ1) is 12.6. The molecular formula is C22H21FN2O. The fourth-order valence-electron chi connectivity index (χ4n) is 4.21. The van der Waals surface area contributed by atoms with Gasteiger partial charge in [-0.05, 0) is 66.4 Å². The van der Waals surface area contributed by atoms with Gasteiger partial charge in [-0.25, -0.2) is 4.39 Å². The molecule has 0 bridgehead atoms. The maximum Gasteiger partial charge on any atom is 0.123 e. The van der Waals surface area contributed by atoms with Crippen molar-refractivity contribution in [1.29, 1.82) is 0 Å². The van der Waals surface area contributed by atoms with Crippen molar-refractivity contribution in [2.24, 2.45) is 4.99 Å². The fourth-order valence-corrected chi connectivity index (χ4v) is 4.21. The van der Waals surface area contributed by atoms with E-state index in [1.165, 1.54) is 34.3 Å². The zero-order chi connectivity index (χ0) is 17.7. The van der Waals surface area contributed by atoms with E-state index in [2.05, 4.69) is 34.7 Å². The van der Waals surface area contributed by atoms with Gasteiger partial charge in [0.05, 0.1) is 12.1 Å². The Balaban J connectivity index is 1.79. The third-order valence-corrected chi connectivity index (χ3v) is 5.85. The number of fused-ring (bicyclic) bond motifs is 2. The predicted octanol–water partition coefficient (Wildman–Crippen LogP) is 4.77. The lowest BCUT2D eigenvalue weighted by atomic mass is 9.79. The molecule has 2 aliphatic heterocycles. The Morgan fingerprint density at radius 1 is 1.08 bits per heavy atom. The highest BCUT2D eigenvalue weighted by atomic mass is 19.1. The summed E-state index contributed by atoms with van der Waals surface area (Å²) in [4.78, 5) is 4.39. The molecule has 132 valence electrons. The monoisotopic (exact) mass is 348 g/mol. The van der Waals surface area contributed by atoms with Crippen LogP contribution in [0.1, 0.15) is 36.6 Å². The van der Waals surface area contributed by atoms with Gasteiger partial charge in [-0.1, -0.05) is 6.92 Å². The molecular weight excluding hydrogens is 327 g/mol. The van der Waals surface area contributed by atoms with Gasteiger partial charge < -0.3 is 9.30 Å². The largest absolute Gasteiger partial charge is 0.381 e. The smallest absolute Gasteiger partial charge is 0.123 e. The van der Waals surface area contributed by atoms with Gasteiger partial charge in [-0.15, -0.1) is 0 Å². The average molecular weight is 348 g/mol. The summed E-state index contributed by atoms with van der Waals surface area (Å²) in [6, 6.07) is 13.6. The van der Waals surface area contributed by atoms with E-state index in [1.807, 2.05) is 18.3 Å². The maximum absolute atomic E-state index is 13.5. The van der Waals surface area contributed by atoms with Gasteiger partial charge in [-0.2, -0.15) is 0 Å². The number of benzene rings is 2. The molecule has 0 aliphatic carbocycles. The Morgan fingerprint density at radius 3 is 2.62 bits per heavy atom. The second-order valence-electron chi connectivity index (χ2n) is 7.59. The molecule has 0 unspecified atom stereocenters. The van der Waals surface area contributed by atoms with Crippen LogP contribution in [0.4, 0.5) is 4.39 Å². The molecule has 0 atom stereocenters. The van der Waals surface area contributed by atoms with Crippen molar-refractivity contribution in [2.75, 3.05) is 13.2 Å². The summed E-state index contributed by atoms with van der Waals surface area (Å²) in [6.07, 6.45) is 3.93. The molecule has 0 saturated carbocycles. The van der Waals surface area contributed by atoms with Gasteiger partial charge in [0.1, 0.15) is 5.82 Å². The zero-order valence-corrected chi connectivity index (χ0v) is 14.8. The summed E-state index contributed by atoms with van der Waals surface area (Å²) in [5.41, 5.74) is 5.94. The molecule has 2 aliphatic rings. The van der Waals surface area contributed by atoms with E-state index < -0.39 is 0 Å². The highest BCUT2D eigenvalue weighted by Crippen LogP contribution is 2.40. The minimum absolute atomic E-state index is 0.0458. The molecule has 2 aromatic carbocycles. The lowest BCUT2D eigenvalue weighted by Crippen LogP contribution is -2.32. The van der Waals surface area contributed by atoms with Gasteiger partial charge in [0.25, 0.3) is 0 Å². The SMILES string of the molecule is CC1(c2cc3cc4c(cc3n2-c2ccc(F)cc2)C=NC4)CCOCC1. The number of hydrogen-bond acceptors (Lipinski definition) is 2. The van der Waals surface area contributed by atoms with E-state index in [4.69, 9.17) is 4.74 Å². The standard InChI is InChI=1S/C22H21FN2O/c1-22(6-8-26-9-7-22)21-12-15-10-16-13-24-14-17(16)11-20(15)25(21)19-4-2-18(23)3-5-19/h2-5,10-12,14H,6-9,13H2,1H3. The molecule has 26 heavy (non-hydrogen) atoms.